The molecule has 0 unspecified atom stereocenters. The molecule has 2 amide bonds. The van der Waals surface area contributed by atoms with E-state index in [0.717, 1.165) is 0 Å². The van der Waals surface area contributed by atoms with Crippen molar-refractivity contribution >= 4 is 23.0 Å². The van der Waals surface area contributed by atoms with Gasteiger partial charge in [0.2, 0.25) is 0 Å². The maximum Gasteiger partial charge on any atom is 0.573 e. The van der Waals surface area contributed by atoms with Crippen molar-refractivity contribution in [3.8, 4) is 5.75 Å². The van der Waals surface area contributed by atoms with E-state index in [1.165, 1.54) is 18.2 Å². The molecular formula is C22H20F3N5O4. The SMILES string of the molecule is O=C(OCc1cccc(OC(F)(F)F)c1)N1C[C@@H]2CN(C(=O)c3ccc4n[nH]nc4c3)C[C@@H]2C1. The molecule has 178 valence electrons. The Hall–Kier alpha value is -3.83. The molecule has 2 fully saturated rings. The van der Waals surface area contributed by atoms with Crippen LogP contribution in [0.25, 0.3) is 11.0 Å². The minimum absolute atomic E-state index is 0.0885. The van der Waals surface area contributed by atoms with Gasteiger partial charge in [-0.3, -0.25) is 4.79 Å². The van der Waals surface area contributed by atoms with Crippen LogP contribution in [0.3, 0.4) is 0 Å². The van der Waals surface area contributed by atoms with Crippen molar-refractivity contribution < 1.29 is 32.2 Å². The van der Waals surface area contributed by atoms with Gasteiger partial charge in [0.05, 0.1) is 0 Å². The molecule has 0 radical (unpaired) electrons. The molecule has 0 bridgehead atoms. The average molecular weight is 475 g/mol. The first kappa shape index (κ1) is 22.0. The Labute approximate surface area is 191 Å². The first-order chi connectivity index (χ1) is 16.2. The van der Waals surface area contributed by atoms with E-state index in [-0.39, 0.29) is 30.1 Å². The summed E-state index contributed by atoms with van der Waals surface area (Å²) in [6.45, 7) is 1.79. The number of rotatable bonds is 4. The number of hydrogen-bond acceptors (Lipinski definition) is 6. The maximum atomic E-state index is 12.9. The number of ether oxygens (including phenoxy) is 2. The molecule has 2 atom stereocenters. The van der Waals surface area contributed by atoms with E-state index in [2.05, 4.69) is 20.1 Å². The van der Waals surface area contributed by atoms with Crippen LogP contribution in [0, 0.1) is 11.8 Å². The van der Waals surface area contributed by atoms with E-state index in [0.29, 0.717) is 48.3 Å². The van der Waals surface area contributed by atoms with E-state index in [9.17, 15) is 22.8 Å². The first-order valence-electron chi connectivity index (χ1n) is 10.6. The largest absolute Gasteiger partial charge is 0.573 e. The number of nitrogens with one attached hydrogen (secondary N) is 1. The monoisotopic (exact) mass is 475 g/mol. The molecule has 0 aliphatic carbocycles. The number of amides is 2. The Kier molecular flexibility index (Phi) is 5.50. The van der Waals surface area contributed by atoms with Gasteiger partial charge in [0.15, 0.2) is 0 Å². The number of aromatic nitrogens is 3. The summed E-state index contributed by atoms with van der Waals surface area (Å²) < 4.78 is 46.3. The third-order valence-corrected chi connectivity index (χ3v) is 6.09. The summed E-state index contributed by atoms with van der Waals surface area (Å²) in [7, 11) is 0. The second-order valence-corrected chi connectivity index (χ2v) is 8.41. The fourth-order valence-corrected chi connectivity index (χ4v) is 4.53. The van der Waals surface area contributed by atoms with Gasteiger partial charge in [-0.2, -0.15) is 15.4 Å². The number of carbonyl (C=O) groups is 2. The Morgan fingerprint density at radius 3 is 2.41 bits per heavy atom. The average Bonchev–Trinajstić information content (AvgIpc) is 3.50. The van der Waals surface area contributed by atoms with Gasteiger partial charge in [0, 0.05) is 43.6 Å². The Morgan fingerprint density at radius 1 is 0.971 bits per heavy atom. The van der Waals surface area contributed by atoms with Crippen molar-refractivity contribution in [3.05, 3.63) is 53.6 Å². The predicted octanol–water partition coefficient (Wildman–Crippen LogP) is 3.20. The lowest BCUT2D eigenvalue weighted by atomic mass is 10.0. The van der Waals surface area contributed by atoms with Crippen LogP contribution in [-0.2, 0) is 11.3 Å². The van der Waals surface area contributed by atoms with Crippen molar-refractivity contribution in [2.45, 2.75) is 13.0 Å². The van der Waals surface area contributed by atoms with Crippen molar-refractivity contribution in [2.24, 2.45) is 11.8 Å². The Balaban J connectivity index is 1.13. The fourth-order valence-electron chi connectivity index (χ4n) is 4.53. The maximum absolute atomic E-state index is 12.9. The van der Waals surface area contributed by atoms with Crippen molar-refractivity contribution in [1.29, 1.82) is 0 Å². The van der Waals surface area contributed by atoms with E-state index >= 15 is 0 Å². The molecule has 3 heterocycles. The van der Waals surface area contributed by atoms with Gasteiger partial charge < -0.3 is 19.3 Å². The molecule has 3 aromatic rings. The predicted molar refractivity (Wildman–Crippen MR) is 112 cm³/mol. The van der Waals surface area contributed by atoms with Crippen LogP contribution < -0.4 is 4.74 Å². The van der Waals surface area contributed by atoms with E-state index in [4.69, 9.17) is 4.74 Å². The number of H-pyrrole nitrogens is 1. The van der Waals surface area contributed by atoms with E-state index in [1.54, 1.807) is 34.1 Å². The van der Waals surface area contributed by atoms with Crippen molar-refractivity contribution in [3.63, 3.8) is 0 Å². The van der Waals surface area contributed by atoms with Crippen LogP contribution in [0.1, 0.15) is 15.9 Å². The highest BCUT2D eigenvalue weighted by Gasteiger charge is 2.43. The fraction of sp³-hybridized carbons (Fsp3) is 0.364. The van der Waals surface area contributed by atoms with Crippen molar-refractivity contribution in [2.75, 3.05) is 26.2 Å². The molecule has 9 nitrogen and oxygen atoms in total. The lowest BCUT2D eigenvalue weighted by molar-refractivity contribution is -0.274. The summed E-state index contributed by atoms with van der Waals surface area (Å²) in [5.74, 6) is -0.190. The number of aromatic amines is 1. The quantitative estimate of drug-likeness (QED) is 0.622. The molecule has 34 heavy (non-hydrogen) atoms. The number of hydrogen-bond donors (Lipinski definition) is 1. The number of fused-ring (bicyclic) bond motifs is 2. The minimum atomic E-state index is -4.79. The molecule has 1 N–H and O–H groups in total. The zero-order chi connectivity index (χ0) is 23.9. The molecule has 2 saturated heterocycles. The second kappa shape index (κ2) is 8.50. The number of nitrogens with zero attached hydrogens (tertiary/aromatic N) is 4. The molecule has 2 aliphatic rings. The normalized spacial score (nSPS) is 20.0. The van der Waals surface area contributed by atoms with Gasteiger partial charge in [-0.05, 0) is 35.9 Å². The molecule has 0 saturated carbocycles. The third-order valence-electron chi connectivity index (χ3n) is 6.09. The highest BCUT2D eigenvalue weighted by molar-refractivity contribution is 5.97. The highest BCUT2D eigenvalue weighted by atomic mass is 19.4. The summed E-state index contributed by atoms with van der Waals surface area (Å²) >= 11 is 0. The van der Waals surface area contributed by atoms with Gasteiger partial charge in [-0.15, -0.1) is 13.2 Å². The van der Waals surface area contributed by atoms with Crippen LogP contribution in [0.15, 0.2) is 42.5 Å². The topological polar surface area (TPSA) is 101 Å². The summed E-state index contributed by atoms with van der Waals surface area (Å²) in [6.07, 6.45) is -5.33. The zero-order valence-corrected chi connectivity index (χ0v) is 17.8. The van der Waals surface area contributed by atoms with Gasteiger partial charge in [0.1, 0.15) is 23.4 Å². The third kappa shape index (κ3) is 4.61. The van der Waals surface area contributed by atoms with E-state index < -0.39 is 12.5 Å². The van der Waals surface area contributed by atoms with Gasteiger partial charge >= 0.3 is 12.5 Å². The number of carbonyl (C=O) groups excluding carboxylic acids is 2. The Bertz CT molecular complexity index is 1220. The Morgan fingerprint density at radius 2 is 1.68 bits per heavy atom. The first-order valence-corrected chi connectivity index (χ1v) is 10.6. The molecule has 5 rings (SSSR count). The molecule has 0 spiro atoms. The molecule has 2 aliphatic heterocycles. The number of benzene rings is 2. The molecule has 2 aromatic carbocycles. The number of likely N-dealkylation sites (tertiary alicyclic amines) is 2. The molecule has 1 aromatic heterocycles. The van der Waals surface area contributed by atoms with Gasteiger partial charge in [0.25, 0.3) is 5.91 Å². The zero-order valence-electron chi connectivity index (χ0n) is 17.8. The van der Waals surface area contributed by atoms with E-state index in [1.807, 2.05) is 0 Å². The van der Waals surface area contributed by atoms with Crippen LogP contribution >= 0.6 is 0 Å². The summed E-state index contributed by atoms with van der Waals surface area (Å²) in [5, 5.41) is 10.5. The minimum Gasteiger partial charge on any atom is -0.445 e. The van der Waals surface area contributed by atoms with Crippen LogP contribution in [0.2, 0.25) is 0 Å². The standard InChI is InChI=1S/C22H20F3N5O4/c23-22(24,25)34-17-3-1-2-13(6-17)12-33-21(32)30-10-15-8-29(9-16(15)11-30)20(31)14-4-5-18-19(7-14)27-28-26-18/h1-7,15-16H,8-12H2,(H,26,27,28)/t15-,16+. The van der Waals surface area contributed by atoms with Crippen molar-refractivity contribution in [1.82, 2.24) is 25.2 Å². The number of halogens is 3. The lowest BCUT2D eigenvalue weighted by Gasteiger charge is -2.21. The summed E-state index contributed by atoms with van der Waals surface area (Å²) in [5.41, 5.74) is 2.22. The lowest BCUT2D eigenvalue weighted by Crippen LogP contribution is -2.35. The molecular weight excluding hydrogens is 455 g/mol. The second-order valence-electron chi connectivity index (χ2n) is 8.41. The smallest absolute Gasteiger partial charge is 0.445 e. The van der Waals surface area contributed by atoms with Gasteiger partial charge in [-0.1, -0.05) is 12.1 Å². The highest BCUT2D eigenvalue weighted by Crippen LogP contribution is 2.32. The summed E-state index contributed by atoms with van der Waals surface area (Å²) in [4.78, 5) is 28.8. The van der Waals surface area contributed by atoms with Crippen LogP contribution in [-0.4, -0.2) is 69.8 Å². The van der Waals surface area contributed by atoms with Crippen LogP contribution in [0.5, 0.6) is 5.75 Å². The number of alkyl halides is 3. The van der Waals surface area contributed by atoms with Crippen LogP contribution in [0.4, 0.5) is 18.0 Å². The van der Waals surface area contributed by atoms with Gasteiger partial charge in [-0.25, -0.2) is 4.79 Å². The molecule has 12 heteroatoms. The summed E-state index contributed by atoms with van der Waals surface area (Å²) in [6, 6.07) is 10.5.